The highest BCUT2D eigenvalue weighted by Gasteiger charge is 2.17. The molecule has 1 heterocycles. The number of nitrogen functional groups attached to an aromatic ring is 2. The van der Waals surface area contributed by atoms with E-state index in [1.165, 1.54) is 11.8 Å². The summed E-state index contributed by atoms with van der Waals surface area (Å²) < 4.78 is 0. The van der Waals surface area contributed by atoms with E-state index in [4.69, 9.17) is 17.2 Å². The average Bonchev–Trinajstić information content (AvgIpc) is 2.53. The number of benzene rings is 2. The number of primary amides is 1. The summed E-state index contributed by atoms with van der Waals surface area (Å²) in [5.74, 6) is -0.586. The smallest absolute Gasteiger partial charge is 0.250 e. The van der Waals surface area contributed by atoms with Crippen LogP contribution in [0, 0.1) is 0 Å². The summed E-state index contributed by atoms with van der Waals surface area (Å²) in [6.45, 7) is 0. The number of amides is 1. The molecule has 1 amide bonds. The van der Waals surface area contributed by atoms with E-state index in [0.29, 0.717) is 27.4 Å². The van der Waals surface area contributed by atoms with Crippen molar-refractivity contribution in [2.24, 2.45) is 5.73 Å². The van der Waals surface area contributed by atoms with Gasteiger partial charge >= 0.3 is 0 Å². The summed E-state index contributed by atoms with van der Waals surface area (Å²) in [5.41, 5.74) is 20.7. The molecule has 3 rings (SSSR count). The first-order valence-electron chi connectivity index (χ1n) is 6.81. The van der Waals surface area contributed by atoms with Crippen LogP contribution in [0.15, 0.2) is 41.6 Å². The second-order valence-electron chi connectivity index (χ2n) is 4.97. The molecule has 1 aromatic heterocycles. The van der Waals surface area contributed by atoms with E-state index >= 15 is 0 Å². The summed E-state index contributed by atoms with van der Waals surface area (Å²) in [6, 6.07) is 10.6. The Bertz CT molecular complexity index is 926. The number of thioether (sulfide) groups is 1. The first-order chi connectivity index (χ1) is 11.0. The molecular formula is C16H15N5OS. The number of nitrogens with two attached hydrogens (primary N) is 3. The lowest BCUT2D eigenvalue weighted by molar-refractivity contribution is 0.100. The van der Waals surface area contributed by atoms with Gasteiger partial charge in [-0.1, -0.05) is 23.9 Å². The highest BCUT2D eigenvalue weighted by molar-refractivity contribution is 7.98. The minimum atomic E-state index is -0.586. The van der Waals surface area contributed by atoms with Crippen LogP contribution in [0.25, 0.3) is 22.2 Å². The second-order valence-corrected chi connectivity index (χ2v) is 5.74. The van der Waals surface area contributed by atoms with Crippen LogP contribution in [0.5, 0.6) is 0 Å². The van der Waals surface area contributed by atoms with Gasteiger partial charge < -0.3 is 17.2 Å². The van der Waals surface area contributed by atoms with Crippen molar-refractivity contribution in [2.45, 2.75) is 5.16 Å². The molecule has 0 radical (unpaired) electrons. The summed E-state index contributed by atoms with van der Waals surface area (Å²) >= 11 is 1.43. The Morgan fingerprint density at radius 3 is 2.57 bits per heavy atom. The Morgan fingerprint density at radius 2 is 1.91 bits per heavy atom. The molecule has 0 aliphatic rings. The van der Waals surface area contributed by atoms with Gasteiger partial charge in [0.25, 0.3) is 5.91 Å². The number of rotatable bonds is 3. The number of fused-ring (bicyclic) bond motifs is 1. The van der Waals surface area contributed by atoms with Crippen molar-refractivity contribution in [3.05, 3.63) is 42.0 Å². The van der Waals surface area contributed by atoms with Gasteiger partial charge in [-0.3, -0.25) is 4.79 Å². The predicted molar refractivity (Wildman–Crippen MR) is 94.1 cm³/mol. The van der Waals surface area contributed by atoms with Crippen molar-refractivity contribution in [1.29, 1.82) is 0 Å². The van der Waals surface area contributed by atoms with E-state index in [1.54, 1.807) is 18.2 Å². The Hall–Kier alpha value is -2.80. The van der Waals surface area contributed by atoms with Crippen molar-refractivity contribution >= 4 is 39.9 Å². The fraction of sp³-hybridized carbons (Fsp3) is 0.0625. The van der Waals surface area contributed by atoms with Gasteiger partial charge in [0, 0.05) is 11.3 Å². The number of anilines is 2. The minimum Gasteiger partial charge on any atom is -0.399 e. The van der Waals surface area contributed by atoms with Crippen molar-refractivity contribution in [3.63, 3.8) is 0 Å². The molecule has 3 aromatic rings. The SMILES string of the molecule is CSc1nc(-c2cccc(N)c2)c2c(N)c(C(N)=O)ccc2n1. The molecule has 0 unspecified atom stereocenters. The second kappa shape index (κ2) is 5.77. The van der Waals surface area contributed by atoms with Crippen LogP contribution in [0.1, 0.15) is 10.4 Å². The summed E-state index contributed by atoms with van der Waals surface area (Å²) in [4.78, 5) is 20.6. The van der Waals surface area contributed by atoms with Gasteiger partial charge in [-0.15, -0.1) is 0 Å². The third-order valence-electron chi connectivity index (χ3n) is 3.49. The average molecular weight is 325 g/mol. The number of carbonyl (C=O) groups excluding carboxylic acids is 1. The highest BCUT2D eigenvalue weighted by Crippen LogP contribution is 2.34. The molecule has 0 atom stereocenters. The number of hydrogen-bond acceptors (Lipinski definition) is 6. The number of hydrogen-bond donors (Lipinski definition) is 3. The van der Waals surface area contributed by atoms with Crippen LogP contribution in [-0.4, -0.2) is 22.1 Å². The molecule has 0 aliphatic heterocycles. The first kappa shape index (κ1) is 15.1. The first-order valence-corrected chi connectivity index (χ1v) is 8.03. The zero-order valence-electron chi connectivity index (χ0n) is 12.4. The molecule has 7 heteroatoms. The maximum atomic E-state index is 11.6. The topological polar surface area (TPSA) is 121 Å². The summed E-state index contributed by atoms with van der Waals surface area (Å²) in [6.07, 6.45) is 1.89. The summed E-state index contributed by atoms with van der Waals surface area (Å²) in [7, 11) is 0. The van der Waals surface area contributed by atoms with E-state index in [0.717, 1.165) is 5.56 Å². The van der Waals surface area contributed by atoms with E-state index < -0.39 is 5.91 Å². The molecule has 6 nitrogen and oxygen atoms in total. The molecule has 2 aromatic carbocycles. The Morgan fingerprint density at radius 1 is 1.13 bits per heavy atom. The van der Waals surface area contributed by atoms with Crippen molar-refractivity contribution in [1.82, 2.24) is 9.97 Å². The summed E-state index contributed by atoms with van der Waals surface area (Å²) in [5, 5.41) is 1.21. The van der Waals surface area contributed by atoms with Gasteiger partial charge in [-0.25, -0.2) is 9.97 Å². The number of carbonyl (C=O) groups is 1. The third kappa shape index (κ3) is 2.66. The molecule has 0 aliphatic carbocycles. The van der Waals surface area contributed by atoms with E-state index in [2.05, 4.69) is 9.97 Å². The highest BCUT2D eigenvalue weighted by atomic mass is 32.2. The largest absolute Gasteiger partial charge is 0.399 e. The van der Waals surface area contributed by atoms with Crippen molar-refractivity contribution in [3.8, 4) is 11.3 Å². The lowest BCUT2D eigenvalue weighted by atomic mass is 10.0. The van der Waals surface area contributed by atoms with Gasteiger partial charge in [-0.2, -0.15) is 0 Å². The van der Waals surface area contributed by atoms with Crippen LogP contribution in [0.4, 0.5) is 11.4 Å². The lowest BCUT2D eigenvalue weighted by Crippen LogP contribution is -2.14. The van der Waals surface area contributed by atoms with Gasteiger partial charge in [0.05, 0.1) is 27.8 Å². The maximum Gasteiger partial charge on any atom is 0.250 e. The third-order valence-corrected chi connectivity index (χ3v) is 4.04. The zero-order valence-corrected chi connectivity index (χ0v) is 13.2. The van der Waals surface area contributed by atoms with Crippen molar-refractivity contribution < 1.29 is 4.79 Å². The van der Waals surface area contributed by atoms with E-state index in [1.807, 2.05) is 24.5 Å². The molecule has 0 saturated carbocycles. The Labute approximate surface area is 137 Å². The molecule has 116 valence electrons. The number of aromatic nitrogens is 2. The monoisotopic (exact) mass is 325 g/mol. The molecule has 23 heavy (non-hydrogen) atoms. The molecular weight excluding hydrogens is 310 g/mol. The zero-order chi connectivity index (χ0) is 16.6. The van der Waals surface area contributed by atoms with Crippen LogP contribution < -0.4 is 17.2 Å². The standard InChI is InChI=1S/C16H15N5OS/c1-23-16-20-11-6-5-10(15(19)22)13(18)12(11)14(21-16)8-3-2-4-9(17)7-8/h2-7H,17-18H2,1H3,(H2,19,22). The van der Waals surface area contributed by atoms with E-state index in [9.17, 15) is 4.79 Å². The Kier molecular flexibility index (Phi) is 3.79. The quantitative estimate of drug-likeness (QED) is 0.386. The normalized spacial score (nSPS) is 10.8. The minimum absolute atomic E-state index is 0.253. The fourth-order valence-electron chi connectivity index (χ4n) is 2.43. The van der Waals surface area contributed by atoms with Gasteiger partial charge in [0.15, 0.2) is 5.16 Å². The van der Waals surface area contributed by atoms with Gasteiger partial charge in [-0.05, 0) is 30.5 Å². The van der Waals surface area contributed by atoms with Gasteiger partial charge in [0.2, 0.25) is 0 Å². The van der Waals surface area contributed by atoms with Gasteiger partial charge in [0.1, 0.15) is 0 Å². The van der Waals surface area contributed by atoms with Crippen LogP contribution in [0.2, 0.25) is 0 Å². The number of nitrogens with zero attached hydrogens (tertiary/aromatic N) is 2. The molecule has 0 bridgehead atoms. The Balaban J connectivity index is 2.42. The van der Waals surface area contributed by atoms with Crippen molar-refractivity contribution in [2.75, 3.05) is 17.7 Å². The molecule has 0 saturated heterocycles. The predicted octanol–water partition coefficient (Wildman–Crippen LogP) is 2.28. The fourth-order valence-corrected chi connectivity index (χ4v) is 2.80. The maximum absolute atomic E-state index is 11.6. The molecule has 6 N–H and O–H groups in total. The van der Waals surface area contributed by atoms with Crippen LogP contribution >= 0.6 is 11.8 Å². The van der Waals surface area contributed by atoms with E-state index in [-0.39, 0.29) is 11.3 Å². The van der Waals surface area contributed by atoms with Crippen LogP contribution in [-0.2, 0) is 0 Å². The molecule has 0 spiro atoms. The lowest BCUT2D eigenvalue weighted by Gasteiger charge is -2.12. The molecule has 0 fully saturated rings. The van der Waals surface area contributed by atoms with Crippen LogP contribution in [0.3, 0.4) is 0 Å².